The molecule has 8 heteroatoms. The summed E-state index contributed by atoms with van der Waals surface area (Å²) in [5, 5.41) is 11.1. The second-order valence-electron chi connectivity index (χ2n) is 6.87. The highest BCUT2D eigenvalue weighted by molar-refractivity contribution is 5.87. The van der Waals surface area contributed by atoms with E-state index in [1.165, 1.54) is 9.58 Å². The van der Waals surface area contributed by atoms with Crippen molar-refractivity contribution in [1.29, 1.82) is 0 Å². The van der Waals surface area contributed by atoms with Crippen molar-refractivity contribution in [2.75, 3.05) is 14.1 Å². The van der Waals surface area contributed by atoms with Gasteiger partial charge in [-0.15, -0.1) is 5.10 Å². The zero-order valence-electron chi connectivity index (χ0n) is 15.6. The van der Waals surface area contributed by atoms with E-state index in [-0.39, 0.29) is 36.3 Å². The van der Waals surface area contributed by atoms with Gasteiger partial charge in [0.05, 0.1) is 11.9 Å². The smallest absolute Gasteiger partial charge is 0.277 e. The van der Waals surface area contributed by atoms with E-state index < -0.39 is 6.04 Å². The summed E-state index contributed by atoms with van der Waals surface area (Å²) in [6.45, 7) is 4.09. The summed E-state index contributed by atoms with van der Waals surface area (Å²) in [7, 11) is 3.32. The molecule has 0 fully saturated rings. The van der Waals surface area contributed by atoms with Crippen LogP contribution in [-0.4, -0.2) is 51.8 Å². The first-order chi connectivity index (χ1) is 12.3. The molecule has 2 amide bonds. The third kappa shape index (κ3) is 4.87. The summed E-state index contributed by atoms with van der Waals surface area (Å²) in [4.78, 5) is 38.3. The Bertz CT molecular complexity index is 844. The number of hydrogen-bond donors (Lipinski definition) is 1. The third-order valence-electron chi connectivity index (χ3n) is 3.96. The molecule has 0 saturated carbocycles. The first-order valence-corrected chi connectivity index (χ1v) is 8.62. The number of nitrogens with zero attached hydrogens (tertiary/aromatic N) is 4. The molecular formula is C18H25N5O3. The number of aryl methyl sites for hydroxylation is 1. The summed E-state index contributed by atoms with van der Waals surface area (Å²) in [5.41, 5.74) is 0.235. The Kier molecular flexibility index (Phi) is 6.43. The molecule has 0 unspecified atom stereocenters. The van der Waals surface area contributed by atoms with Gasteiger partial charge < -0.3 is 10.2 Å². The summed E-state index contributed by atoms with van der Waals surface area (Å²) in [6, 6.07) is 6.36. The Morgan fingerprint density at radius 3 is 2.58 bits per heavy atom. The molecule has 0 aliphatic rings. The van der Waals surface area contributed by atoms with E-state index in [0.29, 0.717) is 17.3 Å². The van der Waals surface area contributed by atoms with Gasteiger partial charge in [-0.25, -0.2) is 4.68 Å². The zero-order chi connectivity index (χ0) is 19.3. The minimum absolute atomic E-state index is 0.0439. The number of aromatic nitrogens is 3. The van der Waals surface area contributed by atoms with Crippen LogP contribution in [0.25, 0.3) is 10.9 Å². The Labute approximate surface area is 152 Å². The molecular weight excluding hydrogens is 334 g/mol. The van der Waals surface area contributed by atoms with Crippen molar-refractivity contribution in [2.24, 2.45) is 5.92 Å². The van der Waals surface area contributed by atoms with Crippen molar-refractivity contribution >= 4 is 22.7 Å². The summed E-state index contributed by atoms with van der Waals surface area (Å²) >= 11 is 0. The highest BCUT2D eigenvalue weighted by Crippen LogP contribution is 2.07. The van der Waals surface area contributed by atoms with Crippen molar-refractivity contribution in [1.82, 2.24) is 25.2 Å². The summed E-state index contributed by atoms with van der Waals surface area (Å²) < 4.78 is 1.17. The van der Waals surface area contributed by atoms with Crippen LogP contribution < -0.4 is 10.9 Å². The lowest BCUT2D eigenvalue weighted by molar-refractivity contribution is -0.134. The Morgan fingerprint density at radius 2 is 1.92 bits per heavy atom. The largest absolute Gasteiger partial charge is 0.347 e. The lowest BCUT2D eigenvalue weighted by Gasteiger charge is -2.23. The van der Waals surface area contributed by atoms with E-state index in [0.717, 1.165) is 0 Å². The van der Waals surface area contributed by atoms with Gasteiger partial charge in [0.15, 0.2) is 0 Å². The normalized spacial score (nSPS) is 12.2. The molecule has 0 aliphatic carbocycles. The second kappa shape index (κ2) is 8.55. The van der Waals surface area contributed by atoms with Crippen LogP contribution in [0.1, 0.15) is 26.7 Å². The highest BCUT2D eigenvalue weighted by Gasteiger charge is 2.23. The summed E-state index contributed by atoms with van der Waals surface area (Å²) in [6.07, 6.45) is 0.598. The van der Waals surface area contributed by atoms with Crippen molar-refractivity contribution in [3.63, 3.8) is 0 Å². The molecule has 140 valence electrons. The van der Waals surface area contributed by atoms with E-state index in [4.69, 9.17) is 0 Å². The molecule has 0 aliphatic heterocycles. The molecule has 0 bridgehead atoms. The number of amides is 2. The maximum absolute atomic E-state index is 12.4. The van der Waals surface area contributed by atoms with Gasteiger partial charge in [-0.05, 0) is 24.5 Å². The molecule has 0 saturated heterocycles. The van der Waals surface area contributed by atoms with Gasteiger partial charge >= 0.3 is 0 Å². The first-order valence-electron chi connectivity index (χ1n) is 8.62. The second-order valence-corrected chi connectivity index (χ2v) is 6.87. The maximum atomic E-state index is 12.4. The molecule has 26 heavy (non-hydrogen) atoms. The van der Waals surface area contributed by atoms with E-state index >= 15 is 0 Å². The third-order valence-corrected chi connectivity index (χ3v) is 3.96. The molecule has 1 aromatic carbocycles. The van der Waals surface area contributed by atoms with Crippen molar-refractivity contribution < 1.29 is 9.59 Å². The average molecular weight is 359 g/mol. The molecule has 0 radical (unpaired) electrons. The summed E-state index contributed by atoms with van der Waals surface area (Å²) in [5.74, 6) is -0.180. The van der Waals surface area contributed by atoms with E-state index in [1.807, 2.05) is 13.8 Å². The van der Waals surface area contributed by atoms with Crippen molar-refractivity contribution in [3.8, 4) is 0 Å². The zero-order valence-corrected chi connectivity index (χ0v) is 15.6. The number of benzene rings is 1. The minimum Gasteiger partial charge on any atom is -0.347 e. The predicted molar refractivity (Wildman–Crippen MR) is 98.5 cm³/mol. The van der Waals surface area contributed by atoms with Crippen LogP contribution >= 0.6 is 0 Å². The van der Waals surface area contributed by atoms with Gasteiger partial charge in [0.1, 0.15) is 11.6 Å². The Hall–Kier alpha value is -2.77. The highest BCUT2D eigenvalue weighted by atomic mass is 16.2. The Balaban J connectivity index is 2.04. The Morgan fingerprint density at radius 1 is 1.23 bits per heavy atom. The van der Waals surface area contributed by atoms with Crippen molar-refractivity contribution in [3.05, 3.63) is 34.6 Å². The van der Waals surface area contributed by atoms with Crippen LogP contribution in [0.2, 0.25) is 0 Å². The van der Waals surface area contributed by atoms with Crippen LogP contribution in [0.4, 0.5) is 0 Å². The van der Waals surface area contributed by atoms with Gasteiger partial charge in [0, 0.05) is 20.5 Å². The fourth-order valence-electron chi connectivity index (χ4n) is 2.65. The number of nitrogens with one attached hydrogen (secondary N) is 1. The fourth-order valence-corrected chi connectivity index (χ4v) is 2.65. The average Bonchev–Trinajstić information content (AvgIpc) is 2.59. The maximum Gasteiger partial charge on any atom is 0.277 e. The number of hydrogen-bond acceptors (Lipinski definition) is 5. The molecule has 0 spiro atoms. The van der Waals surface area contributed by atoms with Crippen LogP contribution in [0.15, 0.2) is 29.1 Å². The number of rotatable bonds is 7. The van der Waals surface area contributed by atoms with Gasteiger partial charge in [0.25, 0.3) is 5.56 Å². The number of fused-ring (bicyclic) bond motifs is 1. The monoisotopic (exact) mass is 359 g/mol. The molecule has 1 atom stereocenters. The fraction of sp³-hybridized carbons (Fsp3) is 0.500. The molecule has 2 rings (SSSR count). The number of carbonyl (C=O) groups is 2. The van der Waals surface area contributed by atoms with E-state index in [9.17, 15) is 14.4 Å². The van der Waals surface area contributed by atoms with Crippen LogP contribution in [0, 0.1) is 5.92 Å². The topological polar surface area (TPSA) is 97.2 Å². The van der Waals surface area contributed by atoms with Crippen molar-refractivity contribution in [2.45, 2.75) is 39.3 Å². The molecule has 1 N–H and O–H groups in total. The van der Waals surface area contributed by atoms with Gasteiger partial charge in [-0.3, -0.25) is 14.4 Å². The lowest BCUT2D eigenvalue weighted by atomic mass is 10.0. The minimum atomic E-state index is -0.572. The molecule has 1 heterocycles. The van der Waals surface area contributed by atoms with E-state index in [2.05, 4.69) is 15.6 Å². The van der Waals surface area contributed by atoms with Crippen LogP contribution in [0.3, 0.4) is 0 Å². The van der Waals surface area contributed by atoms with Crippen LogP contribution in [-0.2, 0) is 16.1 Å². The predicted octanol–water partition coefficient (Wildman–Crippen LogP) is 0.801. The number of likely N-dealkylation sites (N-methyl/N-ethyl adjacent to an activating group) is 1. The first kappa shape index (κ1) is 19.6. The quantitative estimate of drug-likeness (QED) is 0.789. The van der Waals surface area contributed by atoms with Crippen LogP contribution in [0.5, 0.6) is 0 Å². The number of carbonyl (C=O) groups excluding carboxylic acids is 2. The molecule has 1 aromatic heterocycles. The van der Waals surface area contributed by atoms with Gasteiger partial charge in [-0.2, -0.15) is 0 Å². The van der Waals surface area contributed by atoms with E-state index in [1.54, 1.807) is 38.4 Å². The SMILES string of the molecule is CC(C)C[C@H](NC(=O)CCn1nnc2ccccc2c1=O)C(=O)N(C)C. The lowest BCUT2D eigenvalue weighted by Crippen LogP contribution is -2.47. The molecule has 2 aromatic rings. The van der Waals surface area contributed by atoms with Gasteiger partial charge in [-0.1, -0.05) is 31.2 Å². The molecule has 8 nitrogen and oxygen atoms in total. The van der Waals surface area contributed by atoms with Gasteiger partial charge in [0.2, 0.25) is 11.8 Å². The standard InChI is InChI=1S/C18H25N5O3/c1-12(2)11-15(18(26)22(3)4)19-16(24)9-10-23-17(25)13-7-5-6-8-14(13)20-21-23/h5-8,12,15H,9-11H2,1-4H3,(H,19,24)/t15-/m0/s1.